The number of terminal acetylenes is 1. The first-order valence-corrected chi connectivity index (χ1v) is 5.29. The van der Waals surface area contributed by atoms with E-state index in [-0.39, 0.29) is 0 Å². The van der Waals surface area contributed by atoms with Gasteiger partial charge in [0.05, 0.1) is 0 Å². The summed E-state index contributed by atoms with van der Waals surface area (Å²) < 4.78 is 0. The van der Waals surface area contributed by atoms with Crippen molar-refractivity contribution in [1.29, 1.82) is 0 Å². The Morgan fingerprint density at radius 1 is 0.364 bits per heavy atom. The zero-order valence-electron chi connectivity index (χ0n) is 11.1. The van der Waals surface area contributed by atoms with E-state index in [0.29, 0.717) is 0 Å². The molecule has 0 heteroatoms. The zero-order chi connectivity index (χ0) is 16.1. The van der Waals surface area contributed by atoms with Crippen LogP contribution in [0.1, 0.15) is 0 Å². The molecule has 0 rings (SSSR count). The highest BCUT2D eigenvalue weighted by atomic mass is 13.6. The molecule has 0 aliphatic rings. The van der Waals surface area contributed by atoms with Crippen molar-refractivity contribution in [3.63, 3.8) is 0 Å². The Morgan fingerprint density at radius 3 is 0.818 bits per heavy atom. The minimum absolute atomic E-state index is 1.87. The van der Waals surface area contributed by atoms with Crippen molar-refractivity contribution in [2.75, 3.05) is 0 Å². The predicted octanol–water partition coefficient (Wildman–Crippen LogP) is 0.240. The maximum Gasteiger partial charge on any atom is 0 e. The third-order valence-corrected chi connectivity index (χ3v) is 1.20. The van der Waals surface area contributed by atoms with Crippen LogP contribution in [0.3, 0.4) is 0 Å². The first-order valence-electron chi connectivity index (χ1n) is 5.29. The molecule has 0 aliphatic carbocycles. The lowest BCUT2D eigenvalue weighted by Gasteiger charge is -1.63. The summed E-state index contributed by atoms with van der Waals surface area (Å²) in [5.41, 5.74) is 0. The fourth-order valence-electron chi connectivity index (χ4n) is 0.567. The minimum atomic E-state index is 1.87. The van der Waals surface area contributed by atoms with Crippen molar-refractivity contribution < 1.29 is 0 Å². The SMILES string of the molecule is [C-]#CC#CC#CC#CC#CC#CC#CC#CC#CC#CC#C. The highest BCUT2D eigenvalue weighted by Crippen LogP contribution is 1.58. The van der Waals surface area contributed by atoms with Gasteiger partial charge in [0.1, 0.15) is 0 Å². The summed E-state index contributed by atoms with van der Waals surface area (Å²) in [7, 11) is 0. The molecule has 0 spiro atoms. The van der Waals surface area contributed by atoms with E-state index in [9.17, 15) is 0 Å². The number of rotatable bonds is 0. The highest BCUT2D eigenvalue weighted by Gasteiger charge is 1.57. The van der Waals surface area contributed by atoms with Gasteiger partial charge in [0, 0.05) is 5.92 Å². The van der Waals surface area contributed by atoms with Crippen LogP contribution in [0.15, 0.2) is 0 Å². The van der Waals surface area contributed by atoms with Gasteiger partial charge in [-0.05, 0) is 94.7 Å². The van der Waals surface area contributed by atoms with Crippen LogP contribution in [0.4, 0.5) is 0 Å². The molecule has 0 amide bonds. The summed E-state index contributed by atoms with van der Waals surface area (Å²) in [6, 6.07) is 0. The third kappa shape index (κ3) is 15.2. The first-order chi connectivity index (χ1) is 10.9. The van der Waals surface area contributed by atoms with Crippen molar-refractivity contribution in [3.8, 4) is 125 Å². The normalized spacial score (nSPS) is 3.73. The van der Waals surface area contributed by atoms with Gasteiger partial charge in [-0.1, -0.05) is 0 Å². The molecule has 0 aromatic carbocycles. The van der Waals surface area contributed by atoms with Gasteiger partial charge in [-0.3, -0.25) is 5.92 Å². The van der Waals surface area contributed by atoms with E-state index in [0.717, 1.165) is 0 Å². The number of hydrogen-bond acceptors (Lipinski definition) is 0. The second-order valence-electron chi connectivity index (χ2n) is 2.52. The van der Waals surface area contributed by atoms with Crippen molar-refractivity contribution >= 4 is 0 Å². The lowest BCUT2D eigenvalue weighted by atomic mass is 10.4. The summed E-state index contributed by atoms with van der Waals surface area (Å²) in [5, 5.41) is 0. The molecule has 0 aromatic rings. The molecule has 22 heavy (non-hydrogen) atoms. The fraction of sp³-hybridized carbons (Fsp3) is 0. The maximum atomic E-state index is 6.50. The topological polar surface area (TPSA) is 0 Å². The Bertz CT molecular complexity index is 979. The third-order valence-electron chi connectivity index (χ3n) is 1.20. The van der Waals surface area contributed by atoms with Gasteiger partial charge in [-0.25, -0.2) is 5.92 Å². The summed E-state index contributed by atoms with van der Waals surface area (Å²) in [6.07, 6.45) is 11.4. The molecule has 0 fully saturated rings. The van der Waals surface area contributed by atoms with E-state index in [2.05, 4.69) is 112 Å². The minimum Gasteiger partial charge on any atom is -0.358 e. The fourth-order valence-corrected chi connectivity index (χ4v) is 0.567. The Balaban J connectivity index is 4.38. The standard InChI is InChI=1S/C22H/c1-3-5-7-9-11-13-15-17-19-21-22-20-18-16-14-12-10-8-6-4-2/h1H/q-1. The van der Waals surface area contributed by atoms with Crippen molar-refractivity contribution in [2.24, 2.45) is 0 Å². The van der Waals surface area contributed by atoms with Gasteiger partial charge in [0.15, 0.2) is 0 Å². The van der Waals surface area contributed by atoms with Crippen LogP contribution < -0.4 is 0 Å². The van der Waals surface area contributed by atoms with Gasteiger partial charge in [-0.2, -0.15) is 0 Å². The van der Waals surface area contributed by atoms with Crippen LogP contribution in [-0.4, -0.2) is 0 Å². The summed E-state index contributed by atoms with van der Waals surface area (Å²) >= 11 is 0. The number of hydrogen-bond donors (Lipinski definition) is 0. The molecule has 0 atom stereocenters. The van der Waals surface area contributed by atoms with Crippen LogP contribution in [0.2, 0.25) is 0 Å². The molecule has 0 saturated heterocycles. The van der Waals surface area contributed by atoms with Gasteiger partial charge in [0.2, 0.25) is 0 Å². The van der Waals surface area contributed by atoms with E-state index >= 15 is 0 Å². The first kappa shape index (κ1) is 17.2. The van der Waals surface area contributed by atoms with Crippen LogP contribution >= 0.6 is 0 Å². The van der Waals surface area contributed by atoms with Gasteiger partial charge < -0.3 is 6.42 Å². The molecule has 0 unspecified atom stereocenters. The quantitative estimate of drug-likeness (QED) is 0.435. The van der Waals surface area contributed by atoms with E-state index < -0.39 is 0 Å². The average molecular weight is 265 g/mol. The van der Waals surface area contributed by atoms with Gasteiger partial charge in [0.25, 0.3) is 0 Å². The lowest BCUT2D eigenvalue weighted by Crippen LogP contribution is -1.56. The van der Waals surface area contributed by atoms with E-state index in [4.69, 9.17) is 12.8 Å². The Hall–Kier alpha value is -4.84. The van der Waals surface area contributed by atoms with Crippen molar-refractivity contribution in [1.82, 2.24) is 0 Å². The van der Waals surface area contributed by atoms with Crippen LogP contribution in [0.25, 0.3) is 0 Å². The summed E-state index contributed by atoms with van der Waals surface area (Å²) in [6.45, 7) is 0. The molecular formula is C22H-. The predicted molar refractivity (Wildman–Crippen MR) is 85.9 cm³/mol. The smallest absolute Gasteiger partial charge is 0 e. The zero-order valence-corrected chi connectivity index (χ0v) is 11.1. The Labute approximate surface area is 131 Å². The molecule has 90 valence electrons. The molecule has 0 bridgehead atoms. The van der Waals surface area contributed by atoms with E-state index in [1.807, 2.05) is 5.92 Å². The molecule has 0 N–H and O–H groups in total. The molecular weight excluding hydrogens is 264 g/mol. The molecule has 0 radical (unpaired) electrons. The van der Waals surface area contributed by atoms with Crippen molar-refractivity contribution in [3.05, 3.63) is 6.42 Å². The monoisotopic (exact) mass is 265 g/mol. The Kier molecular flexibility index (Phi) is 12.6. The van der Waals surface area contributed by atoms with Gasteiger partial charge in [-0.15, -0.1) is 12.3 Å². The van der Waals surface area contributed by atoms with E-state index in [1.54, 1.807) is 0 Å². The second-order valence-corrected chi connectivity index (χ2v) is 2.52. The average Bonchev–Trinajstić information content (AvgIpc) is 2.54. The van der Waals surface area contributed by atoms with Crippen LogP contribution in [0.5, 0.6) is 0 Å². The maximum absolute atomic E-state index is 6.50. The Morgan fingerprint density at radius 2 is 0.591 bits per heavy atom. The lowest BCUT2D eigenvalue weighted by molar-refractivity contribution is 2.32. The molecule has 0 aromatic heterocycles. The summed E-state index contributed by atoms with van der Waals surface area (Å²) in [4.78, 5) is 0. The van der Waals surface area contributed by atoms with E-state index in [1.165, 1.54) is 0 Å². The second kappa shape index (κ2) is 16.2. The highest BCUT2D eigenvalue weighted by molar-refractivity contribution is 5.47. The van der Waals surface area contributed by atoms with Gasteiger partial charge >= 0.3 is 0 Å². The molecule has 0 heterocycles. The van der Waals surface area contributed by atoms with Crippen LogP contribution in [0, 0.1) is 131 Å². The molecule has 0 nitrogen and oxygen atoms in total. The van der Waals surface area contributed by atoms with Crippen molar-refractivity contribution in [2.45, 2.75) is 0 Å². The largest absolute Gasteiger partial charge is 0.358 e. The summed E-state index contributed by atoms with van der Waals surface area (Å²) in [5.74, 6) is 47.6. The molecule has 0 saturated carbocycles. The molecule has 0 aliphatic heterocycles. The van der Waals surface area contributed by atoms with Crippen LogP contribution in [-0.2, 0) is 0 Å².